The molecule has 154 valence electrons. The molecule has 2 unspecified atom stereocenters. The molecule has 3 heterocycles. The highest BCUT2D eigenvalue weighted by molar-refractivity contribution is 9.10. The molecule has 1 fully saturated rings. The average Bonchev–Trinajstić information content (AvgIpc) is 3.20. The fourth-order valence-corrected chi connectivity index (χ4v) is 6.45. The maximum atomic E-state index is 13.4. The fourth-order valence-electron chi connectivity index (χ4n) is 4.31. The van der Waals surface area contributed by atoms with Gasteiger partial charge in [0.05, 0.1) is 28.5 Å². The van der Waals surface area contributed by atoms with Crippen LogP contribution in [0.3, 0.4) is 0 Å². The molecule has 9 heteroatoms. The molecule has 30 heavy (non-hydrogen) atoms. The van der Waals surface area contributed by atoms with E-state index in [-0.39, 0.29) is 39.2 Å². The number of amides is 1. The molecular weight excluding hydrogens is 494 g/mol. The number of carbonyl (C=O) groups excluding carboxylic acids is 1. The zero-order chi connectivity index (χ0) is 21.2. The summed E-state index contributed by atoms with van der Waals surface area (Å²) >= 11 is 9.47. The number of benzene rings is 2. The van der Waals surface area contributed by atoms with E-state index in [0.717, 1.165) is 4.47 Å². The quantitative estimate of drug-likeness (QED) is 0.523. The summed E-state index contributed by atoms with van der Waals surface area (Å²) in [6.45, 7) is 0. The number of hydrogen-bond acceptors (Lipinski definition) is 5. The second-order valence-electron chi connectivity index (χ2n) is 7.54. The number of carbonyl (C=O) groups is 1. The maximum Gasteiger partial charge on any atom is 0.291 e. The number of sulfone groups is 1. The Labute approximate surface area is 185 Å². The zero-order valence-electron chi connectivity index (χ0n) is 15.5. The van der Waals surface area contributed by atoms with Crippen molar-refractivity contribution in [2.45, 2.75) is 18.5 Å². The van der Waals surface area contributed by atoms with Crippen LogP contribution >= 0.6 is 27.5 Å². The number of rotatable bonds is 2. The van der Waals surface area contributed by atoms with Gasteiger partial charge in [-0.15, -0.1) is 0 Å². The summed E-state index contributed by atoms with van der Waals surface area (Å²) in [5, 5.41) is 0.676. The van der Waals surface area contributed by atoms with E-state index in [1.807, 2.05) is 24.3 Å². The molecule has 5 rings (SSSR count). The standard InChI is InChI=1S/C21H15BrClNO5S/c22-12-3-1-11(2-4-12)18-17-19(25)15-9-13(23)5-6-16(15)29-20(17)21(26)24(18)14-7-8-30(27,28)10-14/h1-6,9,14,18H,7-8,10H2. The predicted molar refractivity (Wildman–Crippen MR) is 117 cm³/mol. The lowest BCUT2D eigenvalue weighted by Gasteiger charge is -2.30. The van der Waals surface area contributed by atoms with Gasteiger partial charge in [-0.25, -0.2) is 8.42 Å². The van der Waals surface area contributed by atoms with Crippen molar-refractivity contribution in [3.05, 3.63) is 79.1 Å². The van der Waals surface area contributed by atoms with Gasteiger partial charge in [-0.1, -0.05) is 39.7 Å². The summed E-state index contributed by atoms with van der Waals surface area (Å²) in [5.41, 5.74) is 0.870. The molecule has 1 aromatic heterocycles. The average molecular weight is 509 g/mol. The minimum Gasteiger partial charge on any atom is -0.450 e. The minimum atomic E-state index is -3.24. The lowest BCUT2D eigenvalue weighted by atomic mass is 9.97. The van der Waals surface area contributed by atoms with E-state index >= 15 is 0 Å². The van der Waals surface area contributed by atoms with Crippen molar-refractivity contribution in [2.24, 2.45) is 0 Å². The third kappa shape index (κ3) is 3.09. The SMILES string of the molecule is O=C1c2oc3ccc(Cl)cc3c(=O)c2C(c2ccc(Br)cc2)N1C1CCS(=O)(=O)C1. The number of hydrogen-bond donors (Lipinski definition) is 0. The van der Waals surface area contributed by atoms with E-state index < -0.39 is 27.8 Å². The molecule has 0 spiro atoms. The van der Waals surface area contributed by atoms with Crippen LogP contribution in [-0.4, -0.2) is 36.8 Å². The van der Waals surface area contributed by atoms with Crippen LogP contribution in [0.5, 0.6) is 0 Å². The first-order valence-electron chi connectivity index (χ1n) is 9.30. The van der Waals surface area contributed by atoms with Crippen LogP contribution in [0, 0.1) is 0 Å². The van der Waals surface area contributed by atoms with Gasteiger partial charge in [0.2, 0.25) is 5.76 Å². The first-order chi connectivity index (χ1) is 14.2. The Morgan fingerprint density at radius 3 is 2.50 bits per heavy atom. The number of halogens is 2. The maximum absolute atomic E-state index is 13.4. The molecule has 2 atom stereocenters. The Kier molecular flexibility index (Phi) is 4.57. The van der Waals surface area contributed by atoms with Gasteiger partial charge in [0.1, 0.15) is 5.58 Å². The van der Waals surface area contributed by atoms with E-state index in [1.165, 1.54) is 11.0 Å². The molecule has 2 aliphatic rings. The lowest BCUT2D eigenvalue weighted by Crippen LogP contribution is -2.40. The molecule has 0 bridgehead atoms. The zero-order valence-corrected chi connectivity index (χ0v) is 18.6. The molecule has 1 amide bonds. The third-order valence-corrected chi connectivity index (χ3v) is 8.17. The Bertz CT molecular complexity index is 1370. The van der Waals surface area contributed by atoms with Gasteiger partial charge in [-0.3, -0.25) is 9.59 Å². The van der Waals surface area contributed by atoms with Crippen LogP contribution < -0.4 is 5.43 Å². The second-order valence-corrected chi connectivity index (χ2v) is 11.1. The van der Waals surface area contributed by atoms with Gasteiger partial charge in [-0.2, -0.15) is 0 Å². The predicted octanol–water partition coefficient (Wildman–Crippen LogP) is 3.94. The summed E-state index contributed by atoms with van der Waals surface area (Å²) in [6, 6.07) is 10.7. The largest absolute Gasteiger partial charge is 0.450 e. The monoisotopic (exact) mass is 507 g/mol. The molecule has 0 N–H and O–H groups in total. The molecule has 1 saturated heterocycles. The van der Waals surface area contributed by atoms with E-state index in [9.17, 15) is 18.0 Å². The molecule has 3 aromatic rings. The molecule has 0 saturated carbocycles. The minimum absolute atomic E-state index is 0.0177. The molecule has 0 aliphatic carbocycles. The Morgan fingerprint density at radius 2 is 1.83 bits per heavy atom. The highest BCUT2D eigenvalue weighted by Crippen LogP contribution is 2.41. The van der Waals surface area contributed by atoms with Gasteiger partial charge in [-0.05, 0) is 42.3 Å². The molecular formula is C21H15BrClNO5S. The summed E-state index contributed by atoms with van der Waals surface area (Å²) < 4.78 is 30.9. The first-order valence-corrected chi connectivity index (χ1v) is 12.3. The van der Waals surface area contributed by atoms with E-state index in [1.54, 1.807) is 12.1 Å². The lowest BCUT2D eigenvalue weighted by molar-refractivity contribution is 0.0662. The smallest absolute Gasteiger partial charge is 0.291 e. The normalized spacial score (nSPS) is 22.6. The van der Waals surface area contributed by atoms with Crippen molar-refractivity contribution in [3.8, 4) is 0 Å². The summed E-state index contributed by atoms with van der Waals surface area (Å²) in [7, 11) is -3.24. The summed E-state index contributed by atoms with van der Waals surface area (Å²) in [4.78, 5) is 28.3. The first kappa shape index (κ1) is 19.8. The second kappa shape index (κ2) is 6.93. The van der Waals surface area contributed by atoms with Crippen molar-refractivity contribution in [2.75, 3.05) is 11.5 Å². The highest BCUT2D eigenvalue weighted by Gasteiger charge is 2.48. The molecule has 0 radical (unpaired) electrons. The number of nitrogens with zero attached hydrogens (tertiary/aromatic N) is 1. The van der Waals surface area contributed by atoms with Crippen LogP contribution in [0.2, 0.25) is 5.02 Å². The van der Waals surface area contributed by atoms with Gasteiger partial charge >= 0.3 is 0 Å². The fraction of sp³-hybridized carbons (Fsp3) is 0.238. The van der Waals surface area contributed by atoms with Crippen molar-refractivity contribution in [1.29, 1.82) is 0 Å². The van der Waals surface area contributed by atoms with Crippen molar-refractivity contribution < 1.29 is 17.6 Å². The van der Waals surface area contributed by atoms with Crippen molar-refractivity contribution in [1.82, 2.24) is 4.90 Å². The molecule has 6 nitrogen and oxygen atoms in total. The van der Waals surface area contributed by atoms with Gasteiger partial charge in [0.25, 0.3) is 5.91 Å². The van der Waals surface area contributed by atoms with E-state index in [4.69, 9.17) is 16.0 Å². The van der Waals surface area contributed by atoms with Crippen LogP contribution in [0.25, 0.3) is 11.0 Å². The number of fused-ring (bicyclic) bond motifs is 2. The Morgan fingerprint density at radius 1 is 1.10 bits per heavy atom. The topological polar surface area (TPSA) is 84.7 Å². The van der Waals surface area contributed by atoms with Gasteiger partial charge in [0.15, 0.2) is 15.3 Å². The molecule has 2 aromatic carbocycles. The summed E-state index contributed by atoms with van der Waals surface area (Å²) in [5.74, 6) is -0.607. The van der Waals surface area contributed by atoms with Gasteiger partial charge in [0, 0.05) is 15.5 Å². The van der Waals surface area contributed by atoms with Crippen LogP contribution in [0.15, 0.2) is 56.1 Å². The third-order valence-electron chi connectivity index (χ3n) is 5.66. The van der Waals surface area contributed by atoms with Gasteiger partial charge < -0.3 is 9.32 Å². The van der Waals surface area contributed by atoms with Crippen LogP contribution in [0.1, 0.15) is 34.1 Å². The van der Waals surface area contributed by atoms with E-state index in [0.29, 0.717) is 17.0 Å². The highest BCUT2D eigenvalue weighted by atomic mass is 79.9. The van der Waals surface area contributed by atoms with Crippen molar-refractivity contribution in [3.63, 3.8) is 0 Å². The Balaban J connectivity index is 1.77. The van der Waals surface area contributed by atoms with E-state index in [2.05, 4.69) is 15.9 Å². The summed E-state index contributed by atoms with van der Waals surface area (Å²) in [6.07, 6.45) is 0.328. The van der Waals surface area contributed by atoms with Crippen LogP contribution in [-0.2, 0) is 9.84 Å². The van der Waals surface area contributed by atoms with Crippen molar-refractivity contribution >= 4 is 54.2 Å². The molecule has 2 aliphatic heterocycles. The Hall–Kier alpha value is -2.16. The van der Waals surface area contributed by atoms with Crippen LogP contribution in [0.4, 0.5) is 0 Å².